The maximum Gasteiger partial charge on any atom is 0.253 e. The summed E-state index contributed by atoms with van der Waals surface area (Å²) < 4.78 is 0.622. The van der Waals surface area contributed by atoms with Gasteiger partial charge in [-0.15, -0.1) is 0 Å². The van der Waals surface area contributed by atoms with Crippen LogP contribution in [0.3, 0.4) is 0 Å². The molecule has 0 saturated heterocycles. The number of unbranched alkanes of at least 4 members (excludes halogenated alkanes) is 2. The lowest BCUT2D eigenvalue weighted by molar-refractivity contribution is -0.137. The van der Waals surface area contributed by atoms with E-state index in [-0.39, 0.29) is 30.1 Å². The first-order valence-corrected chi connectivity index (χ1v) is 14.2. The van der Waals surface area contributed by atoms with Crippen LogP contribution in [0.15, 0.2) is 24.3 Å². The van der Waals surface area contributed by atoms with E-state index >= 15 is 0 Å². The molecule has 1 aromatic carbocycles. The first-order valence-electron chi connectivity index (χ1n) is 11.9. The lowest BCUT2D eigenvalue weighted by atomic mass is 10.0. The van der Waals surface area contributed by atoms with Crippen LogP contribution in [-0.4, -0.2) is 53.1 Å². The maximum absolute atomic E-state index is 12.8. The first-order chi connectivity index (χ1) is 17.4. The molecule has 0 saturated carbocycles. The quantitative estimate of drug-likeness (QED) is 0.127. The van der Waals surface area contributed by atoms with E-state index in [1.807, 2.05) is 0 Å². The molecule has 5 amide bonds. The van der Waals surface area contributed by atoms with Crippen molar-refractivity contribution in [2.24, 2.45) is 5.92 Å². The Morgan fingerprint density at radius 3 is 2.05 bits per heavy atom. The average Bonchev–Trinajstić information content (AvgIpc) is 3.13. The van der Waals surface area contributed by atoms with E-state index in [9.17, 15) is 24.0 Å². The van der Waals surface area contributed by atoms with Gasteiger partial charge in [-0.25, -0.2) is 0 Å². The van der Waals surface area contributed by atoms with Gasteiger partial charge in [0.15, 0.2) is 0 Å². The number of nitrogens with zero attached hydrogens (tertiary/aromatic N) is 1. The number of carbonyl (C=O) groups excluding carboxylic acids is 5. The zero-order valence-electron chi connectivity index (χ0n) is 20.9. The normalized spacial score (nSPS) is 14.6. The summed E-state index contributed by atoms with van der Waals surface area (Å²) in [6.45, 7) is 5.45. The molecule has 1 aromatic rings. The van der Waals surface area contributed by atoms with Crippen LogP contribution in [0.4, 0.5) is 5.69 Å². The predicted octanol–water partition coefficient (Wildman–Crippen LogP) is 4.00. The molecular formula is C25H31Cl2IN4O5. The van der Waals surface area contributed by atoms with Gasteiger partial charge in [0.1, 0.15) is 12.1 Å². The van der Waals surface area contributed by atoms with Crippen LogP contribution in [0, 0.1) is 5.92 Å². The van der Waals surface area contributed by atoms with Gasteiger partial charge >= 0.3 is 0 Å². The van der Waals surface area contributed by atoms with Gasteiger partial charge in [0.05, 0.1) is 0 Å². The first kappa shape index (κ1) is 31.0. The molecule has 2 rings (SSSR count). The summed E-state index contributed by atoms with van der Waals surface area (Å²) in [5, 5.41) is 8.95. The van der Waals surface area contributed by atoms with Gasteiger partial charge in [0, 0.05) is 45.3 Å². The minimum atomic E-state index is -0.877. The fourth-order valence-corrected chi connectivity index (χ4v) is 5.48. The molecule has 1 heterocycles. The van der Waals surface area contributed by atoms with Crippen molar-refractivity contribution in [2.75, 3.05) is 11.9 Å². The summed E-state index contributed by atoms with van der Waals surface area (Å²) in [5.41, 5.74) is 1.19. The number of halogens is 3. The minimum Gasteiger partial charge on any atom is -0.344 e. The Morgan fingerprint density at radius 1 is 0.919 bits per heavy atom. The Balaban J connectivity index is 1.81. The van der Waals surface area contributed by atoms with Gasteiger partial charge in [0.25, 0.3) is 11.8 Å². The number of hydrogen-bond donors (Lipinski definition) is 3. The van der Waals surface area contributed by atoms with Crippen molar-refractivity contribution in [1.82, 2.24) is 15.5 Å². The van der Waals surface area contributed by atoms with E-state index in [0.29, 0.717) is 46.0 Å². The van der Waals surface area contributed by atoms with Gasteiger partial charge in [-0.05, 0) is 43.4 Å². The highest BCUT2D eigenvalue weighted by Crippen LogP contribution is 2.30. The van der Waals surface area contributed by atoms with Crippen LogP contribution in [0.1, 0.15) is 52.0 Å². The van der Waals surface area contributed by atoms with Crippen LogP contribution in [-0.2, 0) is 28.4 Å². The number of alkyl halides is 1. The van der Waals surface area contributed by atoms with Gasteiger partial charge in [-0.1, -0.05) is 66.1 Å². The van der Waals surface area contributed by atoms with E-state index in [0.717, 1.165) is 5.56 Å². The molecule has 37 heavy (non-hydrogen) atoms. The highest BCUT2D eigenvalue weighted by atomic mass is 127. The van der Waals surface area contributed by atoms with E-state index in [4.69, 9.17) is 23.2 Å². The summed E-state index contributed by atoms with van der Waals surface area (Å²) in [4.78, 5) is 62.2. The minimum absolute atomic E-state index is 0.196. The highest BCUT2D eigenvalue weighted by Gasteiger charge is 2.27. The van der Waals surface area contributed by atoms with E-state index < -0.39 is 23.9 Å². The van der Waals surface area contributed by atoms with Crippen LogP contribution < -0.4 is 16.0 Å². The number of anilines is 1. The molecule has 0 unspecified atom stereocenters. The van der Waals surface area contributed by atoms with E-state index in [1.54, 1.807) is 32.9 Å². The molecule has 0 fully saturated rings. The lowest BCUT2D eigenvalue weighted by Gasteiger charge is -2.24. The Kier molecular flexibility index (Phi) is 12.3. The number of hydrogen-bond acceptors (Lipinski definition) is 5. The highest BCUT2D eigenvalue weighted by molar-refractivity contribution is 14.1. The third-order valence-electron chi connectivity index (χ3n) is 5.75. The molecule has 9 nitrogen and oxygen atoms in total. The van der Waals surface area contributed by atoms with E-state index in [1.165, 1.54) is 17.1 Å². The third kappa shape index (κ3) is 9.26. The second kappa shape index (κ2) is 14.7. The van der Waals surface area contributed by atoms with Crippen LogP contribution in [0.2, 0.25) is 10.0 Å². The average molecular weight is 665 g/mol. The standard InChI is InChI=1S/C25H31Cl2IN4O5/c1-14(2)23(31-20(33)7-5-4-6-10-32-21(34)8-9-22(32)35)25(37)29-15(3)24(36)30-16-11-18(26)17(13-28)19(27)12-16/h8-9,11-12,14-15,23H,4-7,10,13H2,1-3H3,(H,29,37)(H,30,36)(H,31,33)/t15-,23-/m0/s1. The molecule has 202 valence electrons. The molecule has 0 bridgehead atoms. The lowest BCUT2D eigenvalue weighted by Crippen LogP contribution is -2.53. The van der Waals surface area contributed by atoms with Crippen LogP contribution in [0.5, 0.6) is 0 Å². The Bertz CT molecular complexity index is 1040. The van der Waals surface area contributed by atoms with Crippen molar-refractivity contribution < 1.29 is 24.0 Å². The number of amides is 5. The second-order valence-corrected chi connectivity index (χ2v) is 10.6. The SMILES string of the molecule is CC(C)[C@H](NC(=O)CCCCCN1C(=O)C=CC1=O)C(=O)N[C@@H](C)C(=O)Nc1cc(Cl)c(CI)c(Cl)c1. The molecule has 1 aliphatic rings. The summed E-state index contributed by atoms with van der Waals surface area (Å²) in [5.74, 6) is -2.07. The Morgan fingerprint density at radius 2 is 1.51 bits per heavy atom. The molecule has 3 N–H and O–H groups in total. The second-order valence-electron chi connectivity index (χ2n) is 9.03. The van der Waals surface area contributed by atoms with E-state index in [2.05, 4.69) is 38.5 Å². The number of nitrogens with one attached hydrogen (secondary N) is 3. The topological polar surface area (TPSA) is 125 Å². The zero-order valence-corrected chi connectivity index (χ0v) is 24.6. The summed E-state index contributed by atoms with van der Waals surface area (Å²) >= 11 is 14.6. The molecular weight excluding hydrogens is 634 g/mol. The van der Waals surface area contributed by atoms with Gasteiger partial charge in [-0.2, -0.15) is 0 Å². The molecule has 2 atom stereocenters. The van der Waals surface area contributed by atoms with Crippen molar-refractivity contribution in [2.45, 2.75) is 63.0 Å². The predicted molar refractivity (Wildman–Crippen MR) is 152 cm³/mol. The molecule has 12 heteroatoms. The molecule has 0 aliphatic carbocycles. The smallest absolute Gasteiger partial charge is 0.253 e. The number of benzene rings is 1. The maximum atomic E-state index is 12.8. The fourth-order valence-electron chi connectivity index (χ4n) is 3.59. The molecule has 0 spiro atoms. The van der Waals surface area contributed by atoms with Crippen molar-refractivity contribution in [3.05, 3.63) is 39.9 Å². The summed E-state index contributed by atoms with van der Waals surface area (Å²) in [7, 11) is 0. The zero-order chi connectivity index (χ0) is 27.7. The van der Waals surface area contributed by atoms with Gasteiger partial charge in [0.2, 0.25) is 17.7 Å². The summed E-state index contributed by atoms with van der Waals surface area (Å²) in [6, 6.07) is 1.50. The number of rotatable bonds is 13. The van der Waals surface area contributed by atoms with Crippen molar-refractivity contribution in [1.29, 1.82) is 0 Å². The number of carbonyl (C=O) groups is 5. The van der Waals surface area contributed by atoms with Crippen molar-refractivity contribution >= 4 is 81.0 Å². The van der Waals surface area contributed by atoms with Crippen LogP contribution in [0.25, 0.3) is 0 Å². The Hall–Kier alpha value is -2.18. The Labute approximate surface area is 240 Å². The molecule has 0 aromatic heterocycles. The van der Waals surface area contributed by atoms with Gasteiger partial charge < -0.3 is 16.0 Å². The number of imide groups is 1. The molecule has 0 radical (unpaired) electrons. The van der Waals surface area contributed by atoms with Crippen molar-refractivity contribution in [3.8, 4) is 0 Å². The molecule has 1 aliphatic heterocycles. The summed E-state index contributed by atoms with van der Waals surface area (Å²) in [6.07, 6.45) is 4.46. The third-order valence-corrected chi connectivity index (χ3v) is 7.18. The van der Waals surface area contributed by atoms with Crippen LogP contribution >= 0.6 is 45.8 Å². The van der Waals surface area contributed by atoms with Crippen molar-refractivity contribution in [3.63, 3.8) is 0 Å². The van der Waals surface area contributed by atoms with Gasteiger partial charge in [-0.3, -0.25) is 28.9 Å². The monoisotopic (exact) mass is 664 g/mol. The largest absolute Gasteiger partial charge is 0.344 e. The fraction of sp³-hybridized carbons (Fsp3) is 0.480.